The summed E-state index contributed by atoms with van der Waals surface area (Å²) in [5.41, 5.74) is -0.193. The predicted molar refractivity (Wildman–Crippen MR) is 65.4 cm³/mol. The molecule has 16 heavy (non-hydrogen) atoms. The third-order valence-corrected chi connectivity index (χ3v) is 4.28. The Morgan fingerprint density at radius 1 is 1.25 bits per heavy atom. The molecule has 2 saturated carbocycles. The number of hydrogen-bond donors (Lipinski definition) is 1. The van der Waals surface area contributed by atoms with Crippen molar-refractivity contribution in [1.82, 2.24) is 0 Å². The lowest BCUT2D eigenvalue weighted by atomic mass is 9.79. The van der Waals surface area contributed by atoms with Crippen molar-refractivity contribution in [1.29, 1.82) is 0 Å². The molecular formula is C14H26O2. The molecule has 1 atom stereocenters. The third-order valence-electron chi connectivity index (χ3n) is 4.28. The minimum absolute atomic E-state index is 0.193. The highest BCUT2D eigenvalue weighted by Gasteiger charge is 2.40. The first kappa shape index (κ1) is 12.4. The largest absolute Gasteiger partial charge is 0.390 e. The molecule has 0 aromatic rings. The van der Waals surface area contributed by atoms with Crippen LogP contribution in [0.3, 0.4) is 0 Å². The van der Waals surface area contributed by atoms with E-state index in [2.05, 4.69) is 0 Å². The molecule has 1 N–H and O–H groups in total. The summed E-state index contributed by atoms with van der Waals surface area (Å²) >= 11 is 0. The number of aliphatic hydroxyl groups excluding tert-OH is 1. The SMILES string of the molecule is CCOC1(C(O)CCC2CC2)CCCCC1. The van der Waals surface area contributed by atoms with Gasteiger partial charge in [-0.3, -0.25) is 0 Å². The predicted octanol–water partition coefficient (Wildman–Crippen LogP) is 3.28. The Morgan fingerprint density at radius 3 is 2.50 bits per heavy atom. The maximum atomic E-state index is 10.4. The molecule has 0 aromatic carbocycles. The van der Waals surface area contributed by atoms with Crippen molar-refractivity contribution < 1.29 is 9.84 Å². The summed E-state index contributed by atoms with van der Waals surface area (Å²) in [4.78, 5) is 0. The topological polar surface area (TPSA) is 29.5 Å². The molecule has 0 aliphatic heterocycles. The van der Waals surface area contributed by atoms with Gasteiger partial charge in [0.15, 0.2) is 0 Å². The zero-order valence-electron chi connectivity index (χ0n) is 10.6. The standard InChI is InChI=1S/C14H26O2/c1-2-16-14(10-4-3-5-11-14)13(15)9-8-12-6-7-12/h12-13,15H,2-11H2,1H3. The summed E-state index contributed by atoms with van der Waals surface area (Å²) in [5, 5.41) is 10.4. The Hall–Kier alpha value is -0.0800. The van der Waals surface area contributed by atoms with Crippen LogP contribution in [0.15, 0.2) is 0 Å². The molecule has 0 spiro atoms. The lowest BCUT2D eigenvalue weighted by Gasteiger charge is -2.41. The van der Waals surface area contributed by atoms with Gasteiger partial charge >= 0.3 is 0 Å². The molecule has 0 saturated heterocycles. The quantitative estimate of drug-likeness (QED) is 0.753. The van der Waals surface area contributed by atoms with Gasteiger partial charge < -0.3 is 9.84 Å². The first-order valence-electron chi connectivity index (χ1n) is 7.09. The molecule has 1 unspecified atom stereocenters. The van der Waals surface area contributed by atoms with Gasteiger partial charge in [0, 0.05) is 6.61 Å². The van der Waals surface area contributed by atoms with Crippen LogP contribution < -0.4 is 0 Å². The van der Waals surface area contributed by atoms with E-state index in [1.165, 1.54) is 38.5 Å². The van der Waals surface area contributed by atoms with Gasteiger partial charge in [-0.05, 0) is 38.5 Å². The van der Waals surface area contributed by atoms with Crippen LogP contribution in [0.4, 0.5) is 0 Å². The second kappa shape index (κ2) is 5.50. The average molecular weight is 226 g/mol. The molecule has 2 heteroatoms. The first-order valence-corrected chi connectivity index (χ1v) is 7.09. The Morgan fingerprint density at radius 2 is 1.94 bits per heavy atom. The Bertz CT molecular complexity index is 199. The lowest BCUT2D eigenvalue weighted by molar-refractivity contribution is -0.142. The van der Waals surface area contributed by atoms with Gasteiger partial charge in [-0.15, -0.1) is 0 Å². The monoisotopic (exact) mass is 226 g/mol. The molecule has 2 aliphatic rings. The minimum Gasteiger partial charge on any atom is -0.390 e. The van der Waals surface area contributed by atoms with Crippen molar-refractivity contribution in [2.24, 2.45) is 5.92 Å². The number of rotatable bonds is 6. The van der Waals surface area contributed by atoms with Crippen molar-refractivity contribution in [3.05, 3.63) is 0 Å². The maximum absolute atomic E-state index is 10.4. The first-order chi connectivity index (χ1) is 7.77. The minimum atomic E-state index is -0.228. The van der Waals surface area contributed by atoms with Crippen molar-refractivity contribution in [2.75, 3.05) is 6.61 Å². The van der Waals surface area contributed by atoms with E-state index >= 15 is 0 Å². The Balaban J connectivity index is 1.87. The van der Waals surface area contributed by atoms with Gasteiger partial charge in [0.05, 0.1) is 11.7 Å². The van der Waals surface area contributed by atoms with Crippen LogP contribution in [0, 0.1) is 5.92 Å². The molecular weight excluding hydrogens is 200 g/mol. The smallest absolute Gasteiger partial charge is 0.0939 e. The van der Waals surface area contributed by atoms with E-state index < -0.39 is 0 Å². The van der Waals surface area contributed by atoms with Crippen LogP contribution >= 0.6 is 0 Å². The summed E-state index contributed by atoms with van der Waals surface area (Å²) < 4.78 is 5.93. The van der Waals surface area contributed by atoms with Crippen molar-refractivity contribution in [2.45, 2.75) is 76.4 Å². The van der Waals surface area contributed by atoms with E-state index in [1.807, 2.05) is 6.92 Å². The van der Waals surface area contributed by atoms with E-state index in [0.29, 0.717) is 0 Å². The molecule has 2 rings (SSSR count). The van der Waals surface area contributed by atoms with E-state index in [-0.39, 0.29) is 11.7 Å². The highest BCUT2D eigenvalue weighted by Crippen LogP contribution is 2.39. The van der Waals surface area contributed by atoms with Crippen molar-refractivity contribution >= 4 is 0 Å². The van der Waals surface area contributed by atoms with Gasteiger partial charge in [0.2, 0.25) is 0 Å². The van der Waals surface area contributed by atoms with Crippen LogP contribution in [0.1, 0.15) is 64.7 Å². The third kappa shape index (κ3) is 2.98. The number of aliphatic hydroxyl groups is 1. The summed E-state index contributed by atoms with van der Waals surface area (Å²) in [7, 11) is 0. The van der Waals surface area contributed by atoms with Gasteiger partial charge in [-0.2, -0.15) is 0 Å². The Kier molecular flexibility index (Phi) is 4.26. The summed E-state index contributed by atoms with van der Waals surface area (Å²) in [5.74, 6) is 0.914. The molecule has 2 fully saturated rings. The summed E-state index contributed by atoms with van der Waals surface area (Å²) in [6, 6.07) is 0. The lowest BCUT2D eigenvalue weighted by Crippen LogP contribution is -2.46. The second-order valence-corrected chi connectivity index (χ2v) is 5.59. The molecule has 0 bridgehead atoms. The highest BCUT2D eigenvalue weighted by atomic mass is 16.5. The summed E-state index contributed by atoms with van der Waals surface area (Å²) in [6.45, 7) is 2.78. The normalized spacial score (nSPS) is 26.6. The maximum Gasteiger partial charge on any atom is 0.0939 e. The van der Waals surface area contributed by atoms with E-state index in [1.54, 1.807) is 0 Å². The van der Waals surface area contributed by atoms with Crippen LogP contribution in [-0.2, 0) is 4.74 Å². The van der Waals surface area contributed by atoms with Crippen LogP contribution in [0.25, 0.3) is 0 Å². The summed E-state index contributed by atoms with van der Waals surface area (Å²) in [6.07, 6.45) is 10.6. The fourth-order valence-electron chi connectivity index (χ4n) is 3.07. The second-order valence-electron chi connectivity index (χ2n) is 5.59. The molecule has 2 nitrogen and oxygen atoms in total. The van der Waals surface area contributed by atoms with E-state index in [4.69, 9.17) is 4.74 Å². The molecule has 0 heterocycles. The molecule has 94 valence electrons. The zero-order chi connectivity index (χ0) is 11.4. The fourth-order valence-corrected chi connectivity index (χ4v) is 3.07. The number of hydrogen-bond acceptors (Lipinski definition) is 2. The van der Waals surface area contributed by atoms with Crippen LogP contribution in [-0.4, -0.2) is 23.4 Å². The molecule has 0 amide bonds. The molecule has 0 aromatic heterocycles. The fraction of sp³-hybridized carbons (Fsp3) is 1.00. The van der Waals surface area contributed by atoms with Crippen molar-refractivity contribution in [3.63, 3.8) is 0 Å². The number of ether oxygens (including phenoxy) is 1. The van der Waals surface area contributed by atoms with E-state index in [9.17, 15) is 5.11 Å². The average Bonchev–Trinajstić information content (AvgIpc) is 3.11. The van der Waals surface area contributed by atoms with Crippen LogP contribution in [0.5, 0.6) is 0 Å². The van der Waals surface area contributed by atoms with Crippen molar-refractivity contribution in [3.8, 4) is 0 Å². The van der Waals surface area contributed by atoms with Gasteiger partial charge in [0.1, 0.15) is 0 Å². The highest BCUT2D eigenvalue weighted by molar-refractivity contribution is 4.92. The molecule has 2 aliphatic carbocycles. The molecule has 0 radical (unpaired) electrons. The zero-order valence-corrected chi connectivity index (χ0v) is 10.6. The Labute approximate surface area is 99.4 Å². The van der Waals surface area contributed by atoms with E-state index in [0.717, 1.165) is 31.8 Å². The van der Waals surface area contributed by atoms with Crippen LogP contribution in [0.2, 0.25) is 0 Å². The van der Waals surface area contributed by atoms with Gasteiger partial charge in [-0.1, -0.05) is 32.1 Å². The van der Waals surface area contributed by atoms with Gasteiger partial charge in [-0.25, -0.2) is 0 Å². The van der Waals surface area contributed by atoms with Gasteiger partial charge in [0.25, 0.3) is 0 Å².